The number of benzene rings is 2. The first-order valence-electron chi connectivity index (χ1n) is 11.9. The summed E-state index contributed by atoms with van der Waals surface area (Å²) in [5.74, 6) is 1.28. The molecule has 0 aliphatic rings. The average Bonchev–Trinajstić information content (AvgIpc) is 2.76. The van der Waals surface area contributed by atoms with Gasteiger partial charge >= 0.3 is 12.1 Å². The van der Waals surface area contributed by atoms with Gasteiger partial charge in [0.2, 0.25) is 0 Å². The number of carbonyl (C=O) groups is 2. The summed E-state index contributed by atoms with van der Waals surface area (Å²) in [6.45, 7) is 10.3. The molecule has 0 unspecified atom stereocenters. The predicted molar refractivity (Wildman–Crippen MR) is 136 cm³/mol. The van der Waals surface area contributed by atoms with Gasteiger partial charge in [-0.25, -0.2) is 9.59 Å². The van der Waals surface area contributed by atoms with Crippen LogP contribution in [0.15, 0.2) is 36.4 Å². The molecule has 198 valence electrons. The van der Waals surface area contributed by atoms with Crippen LogP contribution in [-0.4, -0.2) is 44.2 Å². The zero-order valence-corrected chi connectivity index (χ0v) is 22.6. The summed E-state index contributed by atoms with van der Waals surface area (Å²) >= 11 is 0. The van der Waals surface area contributed by atoms with E-state index in [1.54, 1.807) is 67.9 Å². The molecule has 0 atom stereocenters. The molecule has 0 aromatic heterocycles. The van der Waals surface area contributed by atoms with E-state index in [2.05, 4.69) is 0 Å². The third-order valence-corrected chi connectivity index (χ3v) is 4.74. The van der Waals surface area contributed by atoms with E-state index in [9.17, 15) is 9.59 Å². The Kier molecular flexibility index (Phi) is 10.0. The summed E-state index contributed by atoms with van der Waals surface area (Å²) < 4.78 is 32.3. The van der Waals surface area contributed by atoms with Gasteiger partial charge < -0.3 is 28.4 Å². The normalized spacial score (nSPS) is 11.4. The van der Waals surface area contributed by atoms with E-state index in [1.165, 1.54) is 0 Å². The van der Waals surface area contributed by atoms with Crippen LogP contribution in [-0.2, 0) is 27.1 Å². The van der Waals surface area contributed by atoms with Crippen LogP contribution < -0.4 is 18.9 Å². The summed E-state index contributed by atoms with van der Waals surface area (Å²) in [6.07, 6.45) is 1.56. The molecule has 8 heteroatoms. The lowest BCUT2D eigenvalue weighted by molar-refractivity contribution is -0.157. The molecule has 0 bridgehead atoms. The molecule has 0 saturated carbocycles. The van der Waals surface area contributed by atoms with Crippen LogP contribution in [0, 0.1) is 0 Å². The standard InChI is InChI=1S/C28H38O8/c1-27(2,3)35-25(29)18-33-24-17-20(13-15-22(24)34-26(30)36-28(4,5)6)11-9-10-19-12-14-21(31-7)23(16-19)32-8/h12-17H,9-11,18H2,1-8H3. The Morgan fingerprint density at radius 2 is 1.22 bits per heavy atom. The van der Waals surface area contributed by atoms with Crippen molar-refractivity contribution in [2.24, 2.45) is 0 Å². The zero-order valence-electron chi connectivity index (χ0n) is 22.6. The summed E-state index contributed by atoms with van der Waals surface area (Å²) in [5.41, 5.74) is 0.742. The number of aryl methyl sites for hydroxylation is 2. The first kappa shape index (κ1) is 28.8. The van der Waals surface area contributed by atoms with Crippen LogP contribution in [0.4, 0.5) is 4.79 Å². The highest BCUT2D eigenvalue weighted by molar-refractivity contribution is 5.72. The van der Waals surface area contributed by atoms with Crippen molar-refractivity contribution in [3.05, 3.63) is 47.5 Å². The second-order valence-electron chi connectivity index (χ2n) is 10.3. The lowest BCUT2D eigenvalue weighted by Gasteiger charge is -2.21. The number of carbonyl (C=O) groups excluding carboxylic acids is 2. The van der Waals surface area contributed by atoms with Crippen LogP contribution in [0.3, 0.4) is 0 Å². The molecule has 2 rings (SSSR count). The molecule has 0 amide bonds. The van der Waals surface area contributed by atoms with Gasteiger partial charge in [0.25, 0.3) is 0 Å². The summed E-state index contributed by atoms with van der Waals surface area (Å²) in [7, 11) is 3.22. The first-order chi connectivity index (χ1) is 16.8. The van der Waals surface area contributed by atoms with Gasteiger partial charge in [0, 0.05) is 0 Å². The van der Waals surface area contributed by atoms with E-state index >= 15 is 0 Å². The summed E-state index contributed by atoms with van der Waals surface area (Å²) in [6, 6.07) is 11.1. The Bertz CT molecular complexity index is 1030. The highest BCUT2D eigenvalue weighted by Crippen LogP contribution is 2.31. The van der Waals surface area contributed by atoms with Crippen molar-refractivity contribution in [1.29, 1.82) is 0 Å². The fourth-order valence-corrected chi connectivity index (χ4v) is 3.31. The van der Waals surface area contributed by atoms with Gasteiger partial charge in [-0.1, -0.05) is 12.1 Å². The monoisotopic (exact) mass is 502 g/mol. The molecule has 0 aliphatic heterocycles. The number of rotatable bonds is 10. The van der Waals surface area contributed by atoms with Crippen molar-refractivity contribution >= 4 is 12.1 Å². The third-order valence-electron chi connectivity index (χ3n) is 4.74. The maximum atomic E-state index is 12.2. The third kappa shape index (κ3) is 10.1. The number of hydrogen-bond acceptors (Lipinski definition) is 8. The van der Waals surface area contributed by atoms with E-state index < -0.39 is 23.3 Å². The second-order valence-corrected chi connectivity index (χ2v) is 10.3. The molecular weight excluding hydrogens is 464 g/mol. The minimum absolute atomic E-state index is 0.163. The van der Waals surface area contributed by atoms with Crippen molar-refractivity contribution < 1.29 is 38.0 Å². The van der Waals surface area contributed by atoms with Crippen LogP contribution >= 0.6 is 0 Å². The Morgan fingerprint density at radius 1 is 0.694 bits per heavy atom. The van der Waals surface area contributed by atoms with E-state index in [-0.39, 0.29) is 18.1 Å². The molecule has 2 aromatic rings. The van der Waals surface area contributed by atoms with Crippen LogP contribution in [0.25, 0.3) is 0 Å². The predicted octanol–water partition coefficient (Wildman–Crippen LogP) is 5.91. The van der Waals surface area contributed by atoms with Crippen molar-refractivity contribution in [3.63, 3.8) is 0 Å². The lowest BCUT2D eigenvalue weighted by atomic mass is 10.0. The van der Waals surface area contributed by atoms with Gasteiger partial charge in [0.1, 0.15) is 11.2 Å². The van der Waals surface area contributed by atoms with Crippen molar-refractivity contribution in [2.45, 2.75) is 72.0 Å². The van der Waals surface area contributed by atoms with E-state index in [4.69, 9.17) is 28.4 Å². The lowest BCUT2D eigenvalue weighted by Crippen LogP contribution is -2.28. The highest BCUT2D eigenvalue weighted by atomic mass is 16.7. The first-order valence-corrected chi connectivity index (χ1v) is 11.9. The fourth-order valence-electron chi connectivity index (χ4n) is 3.31. The molecule has 0 aliphatic carbocycles. The maximum absolute atomic E-state index is 12.2. The topological polar surface area (TPSA) is 89.5 Å². The van der Waals surface area contributed by atoms with Gasteiger partial charge in [0.05, 0.1) is 14.2 Å². The van der Waals surface area contributed by atoms with Gasteiger partial charge in [-0.3, -0.25) is 0 Å². The van der Waals surface area contributed by atoms with Crippen LogP contribution in [0.2, 0.25) is 0 Å². The number of esters is 1. The van der Waals surface area contributed by atoms with Gasteiger partial charge in [-0.05, 0) is 96.2 Å². The molecule has 0 spiro atoms. The summed E-state index contributed by atoms with van der Waals surface area (Å²) in [5, 5.41) is 0. The molecule has 8 nitrogen and oxygen atoms in total. The molecule has 2 aromatic carbocycles. The largest absolute Gasteiger partial charge is 0.514 e. The Morgan fingerprint density at radius 3 is 1.75 bits per heavy atom. The number of hydrogen-bond donors (Lipinski definition) is 0. The van der Waals surface area contributed by atoms with Crippen LogP contribution in [0.1, 0.15) is 59.1 Å². The SMILES string of the molecule is COc1ccc(CCCc2ccc(OC(=O)OC(C)(C)C)c(OCC(=O)OC(C)(C)C)c2)cc1OC. The minimum Gasteiger partial charge on any atom is -0.493 e. The van der Waals surface area contributed by atoms with Crippen molar-refractivity contribution in [1.82, 2.24) is 0 Å². The molecule has 0 saturated heterocycles. The molecule has 0 radical (unpaired) electrons. The van der Waals surface area contributed by atoms with E-state index in [1.807, 2.05) is 24.3 Å². The van der Waals surface area contributed by atoms with E-state index in [0.29, 0.717) is 11.5 Å². The van der Waals surface area contributed by atoms with Gasteiger partial charge in [-0.15, -0.1) is 0 Å². The minimum atomic E-state index is -0.856. The summed E-state index contributed by atoms with van der Waals surface area (Å²) in [4.78, 5) is 24.4. The number of ether oxygens (including phenoxy) is 6. The molecule has 36 heavy (non-hydrogen) atoms. The Hall–Kier alpha value is -3.42. The molecule has 0 heterocycles. The molecule has 0 fully saturated rings. The quantitative estimate of drug-likeness (QED) is 0.292. The molecule has 0 N–H and O–H groups in total. The Balaban J connectivity index is 2.12. The van der Waals surface area contributed by atoms with Crippen molar-refractivity contribution in [2.75, 3.05) is 20.8 Å². The maximum Gasteiger partial charge on any atom is 0.514 e. The second kappa shape index (κ2) is 12.5. The Labute approximate surface area is 213 Å². The van der Waals surface area contributed by atoms with E-state index in [0.717, 1.165) is 30.4 Å². The van der Waals surface area contributed by atoms with Gasteiger partial charge in [-0.2, -0.15) is 0 Å². The average molecular weight is 503 g/mol. The molecular formula is C28H38O8. The van der Waals surface area contributed by atoms with Crippen molar-refractivity contribution in [3.8, 4) is 23.0 Å². The number of methoxy groups -OCH3 is 2. The zero-order chi connectivity index (χ0) is 26.9. The smallest absolute Gasteiger partial charge is 0.493 e. The highest BCUT2D eigenvalue weighted by Gasteiger charge is 2.21. The van der Waals surface area contributed by atoms with Crippen LogP contribution in [0.5, 0.6) is 23.0 Å². The van der Waals surface area contributed by atoms with Gasteiger partial charge in [0.15, 0.2) is 29.6 Å². The fraction of sp³-hybridized carbons (Fsp3) is 0.500.